The van der Waals surface area contributed by atoms with Crippen molar-refractivity contribution in [3.8, 4) is 0 Å². The van der Waals surface area contributed by atoms with E-state index in [1.165, 1.54) is 44.9 Å². The number of Topliss-reactive ketones (excluding diaryl/α,β-unsaturated/α-hetero) is 1. The lowest BCUT2D eigenvalue weighted by atomic mass is 9.97. The first-order chi connectivity index (χ1) is 7.70. The fourth-order valence-corrected chi connectivity index (χ4v) is 1.87. The van der Waals surface area contributed by atoms with Crippen LogP contribution in [-0.2, 0) is 4.79 Å². The quantitative estimate of drug-likeness (QED) is 0.381. The van der Waals surface area contributed by atoms with E-state index in [9.17, 15) is 4.79 Å². The van der Waals surface area contributed by atoms with Crippen molar-refractivity contribution in [2.45, 2.75) is 72.1 Å². The number of hydrogen-bond donors (Lipinski definition) is 0. The minimum absolute atomic E-state index is 0.258. The minimum Gasteiger partial charge on any atom is -0.300 e. The summed E-state index contributed by atoms with van der Waals surface area (Å²) in [6.07, 6.45) is 14.1. The van der Waals surface area contributed by atoms with Crippen LogP contribution >= 0.6 is 0 Å². The molecule has 0 N–H and O–H groups in total. The molecule has 1 unspecified atom stereocenters. The molecular formula is C15H28O. The highest BCUT2D eigenvalue weighted by Gasteiger charge is 2.01. The molecule has 0 aliphatic rings. The Morgan fingerprint density at radius 1 is 1.12 bits per heavy atom. The molecule has 0 radical (unpaired) electrons. The van der Waals surface area contributed by atoms with Crippen molar-refractivity contribution in [3.05, 3.63) is 12.2 Å². The maximum atomic E-state index is 10.8. The number of carbonyl (C=O) groups is 1. The number of rotatable bonds is 10. The lowest BCUT2D eigenvalue weighted by Gasteiger charge is -2.09. The third-order valence-corrected chi connectivity index (χ3v) is 3.02. The third-order valence-electron chi connectivity index (χ3n) is 3.02. The van der Waals surface area contributed by atoms with Crippen molar-refractivity contribution in [2.24, 2.45) is 5.92 Å². The Hall–Kier alpha value is -0.590. The van der Waals surface area contributed by atoms with E-state index >= 15 is 0 Å². The maximum absolute atomic E-state index is 10.8. The molecule has 1 atom stereocenters. The van der Waals surface area contributed by atoms with Crippen LogP contribution in [0.15, 0.2) is 12.2 Å². The standard InChI is InChI=1S/C15H28O/c1-4-6-7-8-9-12-15(5-2)13-10-11-14(3)16/h10,13,15H,4-9,11-12H2,1-3H3/b13-10+. The summed E-state index contributed by atoms with van der Waals surface area (Å²) < 4.78 is 0. The molecule has 1 heteroatoms. The topological polar surface area (TPSA) is 17.1 Å². The van der Waals surface area contributed by atoms with Crippen molar-refractivity contribution < 1.29 is 4.79 Å². The molecular weight excluding hydrogens is 196 g/mol. The van der Waals surface area contributed by atoms with Crippen molar-refractivity contribution in [2.75, 3.05) is 0 Å². The number of carbonyl (C=O) groups excluding carboxylic acids is 1. The van der Waals surface area contributed by atoms with E-state index in [0.29, 0.717) is 12.3 Å². The predicted octanol–water partition coefficient (Wildman–Crippen LogP) is 4.91. The van der Waals surface area contributed by atoms with Crippen LogP contribution in [0.2, 0.25) is 0 Å². The number of unbranched alkanes of at least 4 members (excludes halogenated alkanes) is 4. The Balaban J connectivity index is 3.58. The van der Waals surface area contributed by atoms with Gasteiger partial charge in [-0.1, -0.05) is 58.1 Å². The molecule has 0 aliphatic heterocycles. The van der Waals surface area contributed by atoms with Gasteiger partial charge in [-0.25, -0.2) is 0 Å². The monoisotopic (exact) mass is 224 g/mol. The van der Waals surface area contributed by atoms with Gasteiger partial charge >= 0.3 is 0 Å². The molecule has 94 valence electrons. The molecule has 0 fully saturated rings. The number of allylic oxidation sites excluding steroid dienone is 2. The first-order valence-electron chi connectivity index (χ1n) is 6.86. The van der Waals surface area contributed by atoms with Gasteiger partial charge in [-0.2, -0.15) is 0 Å². The number of ketones is 1. The van der Waals surface area contributed by atoms with Crippen LogP contribution in [0.25, 0.3) is 0 Å². The average molecular weight is 224 g/mol. The summed E-state index contributed by atoms with van der Waals surface area (Å²) in [4.78, 5) is 10.8. The van der Waals surface area contributed by atoms with Gasteiger partial charge in [0.1, 0.15) is 5.78 Å². The maximum Gasteiger partial charge on any atom is 0.133 e. The highest BCUT2D eigenvalue weighted by atomic mass is 16.1. The van der Waals surface area contributed by atoms with Gasteiger partial charge < -0.3 is 0 Å². The smallest absolute Gasteiger partial charge is 0.133 e. The summed E-state index contributed by atoms with van der Waals surface area (Å²) in [5.74, 6) is 0.940. The molecule has 0 rings (SSSR count). The van der Waals surface area contributed by atoms with Gasteiger partial charge in [0.05, 0.1) is 0 Å². The normalized spacial score (nSPS) is 13.2. The van der Waals surface area contributed by atoms with Gasteiger partial charge in [-0.3, -0.25) is 4.79 Å². The van der Waals surface area contributed by atoms with E-state index in [-0.39, 0.29) is 5.78 Å². The zero-order chi connectivity index (χ0) is 12.2. The van der Waals surface area contributed by atoms with Crippen molar-refractivity contribution in [3.63, 3.8) is 0 Å². The number of hydrogen-bond acceptors (Lipinski definition) is 1. The van der Waals surface area contributed by atoms with E-state index in [1.54, 1.807) is 6.92 Å². The van der Waals surface area contributed by atoms with E-state index in [4.69, 9.17) is 0 Å². The summed E-state index contributed by atoms with van der Waals surface area (Å²) in [6, 6.07) is 0. The Labute approximate surface area is 101 Å². The molecule has 0 amide bonds. The summed E-state index contributed by atoms with van der Waals surface area (Å²) in [5.41, 5.74) is 0. The van der Waals surface area contributed by atoms with Gasteiger partial charge in [-0.05, 0) is 25.7 Å². The van der Waals surface area contributed by atoms with Crippen LogP contribution in [0.5, 0.6) is 0 Å². The van der Waals surface area contributed by atoms with Crippen LogP contribution in [0.4, 0.5) is 0 Å². The van der Waals surface area contributed by atoms with E-state index in [2.05, 4.69) is 19.9 Å². The largest absolute Gasteiger partial charge is 0.300 e. The van der Waals surface area contributed by atoms with E-state index in [1.807, 2.05) is 6.08 Å². The molecule has 0 heterocycles. The van der Waals surface area contributed by atoms with Gasteiger partial charge in [-0.15, -0.1) is 0 Å². The zero-order valence-electron chi connectivity index (χ0n) is 11.3. The van der Waals surface area contributed by atoms with Crippen molar-refractivity contribution in [1.82, 2.24) is 0 Å². The predicted molar refractivity (Wildman–Crippen MR) is 71.6 cm³/mol. The summed E-state index contributed by atoms with van der Waals surface area (Å²) in [5, 5.41) is 0. The van der Waals surface area contributed by atoms with Gasteiger partial charge in [0, 0.05) is 6.42 Å². The molecule has 16 heavy (non-hydrogen) atoms. The Kier molecular flexibility index (Phi) is 10.5. The van der Waals surface area contributed by atoms with Crippen LogP contribution in [0.3, 0.4) is 0 Å². The molecule has 1 nitrogen and oxygen atoms in total. The van der Waals surface area contributed by atoms with Gasteiger partial charge in [0.15, 0.2) is 0 Å². The highest BCUT2D eigenvalue weighted by Crippen LogP contribution is 2.16. The fraction of sp³-hybridized carbons (Fsp3) is 0.800. The van der Waals surface area contributed by atoms with Crippen molar-refractivity contribution in [1.29, 1.82) is 0 Å². The molecule has 0 aromatic carbocycles. The van der Waals surface area contributed by atoms with Crippen LogP contribution in [0, 0.1) is 5.92 Å². The first-order valence-corrected chi connectivity index (χ1v) is 6.86. The van der Waals surface area contributed by atoms with Gasteiger partial charge in [0.2, 0.25) is 0 Å². The second-order valence-corrected chi connectivity index (χ2v) is 4.71. The van der Waals surface area contributed by atoms with Gasteiger partial charge in [0.25, 0.3) is 0 Å². The highest BCUT2D eigenvalue weighted by molar-refractivity contribution is 5.76. The summed E-state index contributed by atoms with van der Waals surface area (Å²) in [6.45, 7) is 6.13. The molecule has 0 bridgehead atoms. The SMILES string of the molecule is CCCCCCCC(/C=C/CC(C)=O)CC. The molecule has 0 aliphatic carbocycles. The summed E-state index contributed by atoms with van der Waals surface area (Å²) >= 11 is 0. The zero-order valence-corrected chi connectivity index (χ0v) is 11.3. The Bertz CT molecular complexity index is 194. The van der Waals surface area contributed by atoms with E-state index < -0.39 is 0 Å². The summed E-state index contributed by atoms with van der Waals surface area (Å²) in [7, 11) is 0. The Morgan fingerprint density at radius 2 is 1.81 bits per heavy atom. The first kappa shape index (κ1) is 15.4. The second kappa shape index (κ2) is 10.9. The molecule has 0 aromatic heterocycles. The lowest BCUT2D eigenvalue weighted by molar-refractivity contribution is -0.116. The third kappa shape index (κ3) is 9.95. The van der Waals surface area contributed by atoms with Crippen LogP contribution in [-0.4, -0.2) is 5.78 Å². The lowest BCUT2D eigenvalue weighted by Crippen LogP contribution is -1.95. The molecule has 0 spiro atoms. The Morgan fingerprint density at radius 3 is 2.38 bits per heavy atom. The molecule has 0 saturated heterocycles. The van der Waals surface area contributed by atoms with Crippen LogP contribution < -0.4 is 0 Å². The fourth-order valence-electron chi connectivity index (χ4n) is 1.87. The molecule has 0 saturated carbocycles. The van der Waals surface area contributed by atoms with E-state index in [0.717, 1.165) is 0 Å². The van der Waals surface area contributed by atoms with Crippen molar-refractivity contribution >= 4 is 5.78 Å². The van der Waals surface area contributed by atoms with Crippen LogP contribution in [0.1, 0.15) is 72.1 Å². The average Bonchev–Trinajstić information content (AvgIpc) is 2.26. The second-order valence-electron chi connectivity index (χ2n) is 4.71. The molecule has 0 aromatic rings. The minimum atomic E-state index is 0.258.